The molecule has 0 aromatic rings. The van der Waals surface area contributed by atoms with Crippen LogP contribution in [-0.2, 0) is 4.79 Å². The summed E-state index contributed by atoms with van der Waals surface area (Å²) in [6.45, 7) is 2.29. The van der Waals surface area contributed by atoms with Gasteiger partial charge in [0.05, 0.1) is 0 Å². The molecule has 0 bridgehead atoms. The predicted molar refractivity (Wildman–Crippen MR) is 127 cm³/mol. The first kappa shape index (κ1) is 28.4. The molecule has 0 fully saturated rings. The number of aliphatic hydroxyl groups is 1. The van der Waals surface area contributed by atoms with E-state index in [1.54, 1.807) is 0 Å². The van der Waals surface area contributed by atoms with Crippen LogP contribution in [0.2, 0.25) is 0 Å². The van der Waals surface area contributed by atoms with E-state index in [2.05, 4.69) is 6.92 Å². The summed E-state index contributed by atoms with van der Waals surface area (Å²) in [5, 5.41) is 9.32. The zero-order chi connectivity index (χ0) is 21.4. The van der Waals surface area contributed by atoms with Crippen LogP contribution in [0.15, 0.2) is 0 Å². The first-order valence-corrected chi connectivity index (χ1v) is 13.2. The maximum absolute atomic E-state index is 10.7. The number of carbonyl (C=O) groups is 1. The van der Waals surface area contributed by atoms with Crippen LogP contribution < -0.4 is 5.73 Å². The number of primary amides is 1. The minimum absolute atomic E-state index is 0.522. The third kappa shape index (κ3) is 23.6. The molecule has 0 radical (unpaired) electrons. The monoisotopic (exact) mass is 411 g/mol. The van der Waals surface area contributed by atoms with E-state index in [9.17, 15) is 9.90 Å². The van der Waals surface area contributed by atoms with Crippen molar-refractivity contribution >= 4 is 5.91 Å². The summed E-state index contributed by atoms with van der Waals surface area (Å²) in [6.07, 6.45) is 29.7. The van der Waals surface area contributed by atoms with Crippen molar-refractivity contribution in [1.29, 1.82) is 0 Å². The number of rotatable bonds is 24. The Balaban J connectivity index is 3.04. The standard InChI is InChI=1S/C26H53NO2/c1-2-3-4-5-6-7-8-9-10-11-12-13-14-15-16-17-18-19-20-21-22-23-24-25(28)26(27)29/h25,28H,2-24H2,1H3,(H2,27,29)/t25-/m0/s1. The summed E-state index contributed by atoms with van der Waals surface area (Å²) >= 11 is 0. The minimum Gasteiger partial charge on any atom is -0.383 e. The molecule has 174 valence electrons. The molecule has 3 heteroatoms. The van der Waals surface area contributed by atoms with E-state index in [4.69, 9.17) is 5.73 Å². The van der Waals surface area contributed by atoms with Gasteiger partial charge in [-0.15, -0.1) is 0 Å². The smallest absolute Gasteiger partial charge is 0.246 e. The molecule has 3 nitrogen and oxygen atoms in total. The first-order valence-electron chi connectivity index (χ1n) is 13.2. The highest BCUT2D eigenvalue weighted by Crippen LogP contribution is 2.15. The average Bonchev–Trinajstić information content (AvgIpc) is 2.71. The maximum atomic E-state index is 10.7. The average molecular weight is 412 g/mol. The zero-order valence-corrected chi connectivity index (χ0v) is 19.8. The summed E-state index contributed by atoms with van der Waals surface area (Å²) in [5.74, 6) is -0.589. The van der Waals surface area contributed by atoms with Gasteiger partial charge in [0.15, 0.2) is 0 Å². The van der Waals surface area contributed by atoms with Gasteiger partial charge in [0.1, 0.15) is 6.10 Å². The molecule has 3 N–H and O–H groups in total. The number of amides is 1. The van der Waals surface area contributed by atoms with E-state index in [-0.39, 0.29) is 0 Å². The molecule has 0 unspecified atom stereocenters. The van der Waals surface area contributed by atoms with Crippen molar-refractivity contribution in [3.05, 3.63) is 0 Å². The summed E-state index contributed by atoms with van der Waals surface area (Å²) in [7, 11) is 0. The third-order valence-corrected chi connectivity index (χ3v) is 6.16. The molecule has 1 atom stereocenters. The van der Waals surface area contributed by atoms with E-state index in [1.165, 1.54) is 128 Å². The summed E-state index contributed by atoms with van der Waals surface area (Å²) in [5.41, 5.74) is 5.04. The Kier molecular flexibility index (Phi) is 23.2. The van der Waals surface area contributed by atoms with Crippen molar-refractivity contribution in [2.24, 2.45) is 5.73 Å². The van der Waals surface area contributed by atoms with Crippen LogP contribution in [-0.4, -0.2) is 17.1 Å². The van der Waals surface area contributed by atoms with E-state index < -0.39 is 12.0 Å². The fourth-order valence-electron chi connectivity index (χ4n) is 4.09. The lowest BCUT2D eigenvalue weighted by atomic mass is 10.0. The highest BCUT2D eigenvalue weighted by atomic mass is 16.3. The summed E-state index contributed by atoms with van der Waals surface area (Å²) in [6, 6.07) is 0. The molecule has 29 heavy (non-hydrogen) atoms. The topological polar surface area (TPSA) is 63.3 Å². The lowest BCUT2D eigenvalue weighted by Crippen LogP contribution is -2.27. The maximum Gasteiger partial charge on any atom is 0.246 e. The number of hydrogen-bond acceptors (Lipinski definition) is 2. The van der Waals surface area contributed by atoms with Gasteiger partial charge in [-0.25, -0.2) is 0 Å². The molecular formula is C26H53NO2. The highest BCUT2D eigenvalue weighted by molar-refractivity contribution is 5.78. The molecule has 0 heterocycles. The molecule has 0 aromatic heterocycles. The van der Waals surface area contributed by atoms with Crippen molar-refractivity contribution in [3.8, 4) is 0 Å². The van der Waals surface area contributed by atoms with Gasteiger partial charge < -0.3 is 10.8 Å². The highest BCUT2D eigenvalue weighted by Gasteiger charge is 2.09. The molecule has 0 aliphatic heterocycles. The lowest BCUT2D eigenvalue weighted by Gasteiger charge is -2.06. The Labute approximate surface area is 182 Å². The normalized spacial score (nSPS) is 12.3. The van der Waals surface area contributed by atoms with Gasteiger partial charge in [-0.2, -0.15) is 0 Å². The van der Waals surface area contributed by atoms with Crippen LogP contribution in [0.5, 0.6) is 0 Å². The molecule has 0 aliphatic carbocycles. The van der Waals surface area contributed by atoms with Gasteiger partial charge in [0.2, 0.25) is 5.91 Å². The van der Waals surface area contributed by atoms with Crippen LogP contribution in [0.4, 0.5) is 0 Å². The van der Waals surface area contributed by atoms with Gasteiger partial charge in [-0.05, 0) is 6.42 Å². The van der Waals surface area contributed by atoms with Gasteiger partial charge in [-0.1, -0.05) is 148 Å². The molecule has 1 amide bonds. The molecule has 0 spiro atoms. The number of hydrogen-bond donors (Lipinski definition) is 2. The summed E-state index contributed by atoms with van der Waals surface area (Å²) < 4.78 is 0. The largest absolute Gasteiger partial charge is 0.383 e. The molecular weight excluding hydrogens is 358 g/mol. The van der Waals surface area contributed by atoms with E-state index in [1.807, 2.05) is 0 Å². The zero-order valence-electron chi connectivity index (χ0n) is 19.8. The lowest BCUT2D eigenvalue weighted by molar-refractivity contribution is -0.126. The van der Waals surface area contributed by atoms with E-state index in [0.29, 0.717) is 6.42 Å². The first-order chi connectivity index (χ1) is 14.2. The predicted octanol–water partition coefficient (Wildman–Crippen LogP) is 7.82. The molecule has 0 aliphatic rings. The van der Waals surface area contributed by atoms with Gasteiger partial charge >= 0.3 is 0 Å². The van der Waals surface area contributed by atoms with Gasteiger partial charge in [-0.3, -0.25) is 4.79 Å². The third-order valence-electron chi connectivity index (χ3n) is 6.16. The van der Waals surface area contributed by atoms with Crippen LogP contribution in [0.25, 0.3) is 0 Å². The Morgan fingerprint density at radius 3 is 1.03 bits per heavy atom. The van der Waals surface area contributed by atoms with Crippen LogP contribution >= 0.6 is 0 Å². The Bertz CT molecular complexity index is 333. The Morgan fingerprint density at radius 2 is 0.793 bits per heavy atom. The molecule has 0 aromatic carbocycles. The Morgan fingerprint density at radius 1 is 0.552 bits per heavy atom. The van der Waals surface area contributed by atoms with Crippen molar-refractivity contribution in [2.75, 3.05) is 0 Å². The fraction of sp³-hybridized carbons (Fsp3) is 0.962. The second-order valence-corrected chi connectivity index (χ2v) is 9.13. The van der Waals surface area contributed by atoms with Crippen molar-refractivity contribution in [3.63, 3.8) is 0 Å². The number of carbonyl (C=O) groups excluding carboxylic acids is 1. The second kappa shape index (κ2) is 23.7. The Hall–Kier alpha value is -0.570. The second-order valence-electron chi connectivity index (χ2n) is 9.13. The van der Waals surface area contributed by atoms with E-state index >= 15 is 0 Å². The molecule has 0 rings (SSSR count). The number of nitrogens with two attached hydrogens (primary N) is 1. The number of unbranched alkanes of at least 4 members (excludes halogenated alkanes) is 21. The van der Waals surface area contributed by atoms with Crippen LogP contribution in [0, 0.1) is 0 Å². The number of aliphatic hydroxyl groups excluding tert-OH is 1. The van der Waals surface area contributed by atoms with Gasteiger partial charge in [0, 0.05) is 0 Å². The quantitative estimate of drug-likeness (QED) is 0.159. The molecule has 0 saturated carbocycles. The van der Waals surface area contributed by atoms with Crippen LogP contribution in [0.1, 0.15) is 155 Å². The SMILES string of the molecule is CCCCCCCCCCCCCCCCCCCCCCCC[C@H](O)C(N)=O. The van der Waals surface area contributed by atoms with Crippen molar-refractivity contribution in [2.45, 2.75) is 161 Å². The van der Waals surface area contributed by atoms with Crippen LogP contribution in [0.3, 0.4) is 0 Å². The van der Waals surface area contributed by atoms with E-state index in [0.717, 1.165) is 12.8 Å². The molecule has 0 saturated heterocycles. The van der Waals surface area contributed by atoms with Crippen molar-refractivity contribution in [1.82, 2.24) is 0 Å². The van der Waals surface area contributed by atoms with Gasteiger partial charge in [0.25, 0.3) is 0 Å². The fourth-order valence-corrected chi connectivity index (χ4v) is 4.09. The minimum atomic E-state index is -0.944. The van der Waals surface area contributed by atoms with Crippen molar-refractivity contribution < 1.29 is 9.90 Å². The summed E-state index contributed by atoms with van der Waals surface area (Å²) in [4.78, 5) is 10.7.